The molecule has 5 aliphatic rings. The molecule has 0 aromatic heterocycles. The van der Waals surface area contributed by atoms with Crippen LogP contribution in [0, 0.1) is 11.8 Å². The fraction of sp³-hybridized carbons (Fsp3) is 0.414. The van der Waals surface area contributed by atoms with Gasteiger partial charge in [-0.05, 0) is 0 Å². The summed E-state index contributed by atoms with van der Waals surface area (Å²) in [5.41, 5.74) is 10.1. The molecule has 2 aromatic rings. The first-order chi connectivity index (χ1) is 14.9. The van der Waals surface area contributed by atoms with Crippen LogP contribution in [-0.2, 0) is 21.3 Å². The second-order valence-corrected chi connectivity index (χ2v) is 17.2. The number of hydrogen-bond acceptors (Lipinski definition) is 0. The molecule has 164 valence electrons. The van der Waals surface area contributed by atoms with Crippen molar-refractivity contribution in [1.29, 1.82) is 0 Å². The topological polar surface area (TPSA) is 0 Å². The summed E-state index contributed by atoms with van der Waals surface area (Å²) in [6.07, 6.45) is 17.1. The van der Waals surface area contributed by atoms with Crippen molar-refractivity contribution < 1.29 is 46.1 Å². The Bertz CT molecular complexity index is 1050. The molecule has 2 aromatic carbocycles. The van der Waals surface area contributed by atoms with Crippen molar-refractivity contribution in [1.82, 2.24) is 0 Å². The second kappa shape index (κ2) is 9.13. The Labute approximate surface area is 212 Å². The normalized spacial score (nSPS) is 25.0. The number of benzene rings is 2. The Hall–Kier alpha value is -0.747. The summed E-state index contributed by atoms with van der Waals surface area (Å²) < 4.78 is 3.58. The van der Waals surface area contributed by atoms with E-state index in [1.54, 1.807) is 33.4 Å². The van der Waals surface area contributed by atoms with Gasteiger partial charge in [0.15, 0.2) is 0 Å². The zero-order chi connectivity index (χ0) is 19.7. The van der Waals surface area contributed by atoms with Crippen LogP contribution in [-0.4, -0.2) is 3.21 Å². The molecule has 32 heavy (non-hydrogen) atoms. The summed E-state index contributed by atoms with van der Waals surface area (Å²) in [4.78, 5) is 0. The van der Waals surface area contributed by atoms with Gasteiger partial charge in [0.05, 0.1) is 0 Å². The Morgan fingerprint density at radius 1 is 0.594 bits per heavy atom. The molecular weight excluding hydrogens is 510 g/mol. The van der Waals surface area contributed by atoms with Gasteiger partial charge in [-0.1, -0.05) is 0 Å². The molecule has 7 rings (SSSR count). The summed E-state index contributed by atoms with van der Waals surface area (Å²) in [6.45, 7) is 0. The van der Waals surface area contributed by atoms with Crippen molar-refractivity contribution in [3.8, 4) is 0 Å². The van der Waals surface area contributed by atoms with Crippen LogP contribution in [0.15, 0.2) is 60.7 Å². The van der Waals surface area contributed by atoms with Gasteiger partial charge in [-0.25, -0.2) is 0 Å². The summed E-state index contributed by atoms with van der Waals surface area (Å²) >= 11 is -1.97. The van der Waals surface area contributed by atoms with Gasteiger partial charge in [0.1, 0.15) is 0 Å². The maximum Gasteiger partial charge on any atom is -1.00 e. The minimum atomic E-state index is -1.97. The molecule has 0 bridgehead atoms. The van der Waals surface area contributed by atoms with Crippen molar-refractivity contribution in [3.63, 3.8) is 0 Å². The summed E-state index contributed by atoms with van der Waals surface area (Å²) in [5, 5.41) is 0. The first-order valence-electron chi connectivity index (χ1n) is 12.2. The minimum Gasteiger partial charge on any atom is -1.00 e. The fourth-order valence-electron chi connectivity index (χ4n) is 6.52. The van der Waals surface area contributed by atoms with Crippen LogP contribution in [0.5, 0.6) is 0 Å². The monoisotopic (exact) mass is 538 g/mol. The van der Waals surface area contributed by atoms with E-state index in [4.69, 9.17) is 0 Å². The van der Waals surface area contributed by atoms with E-state index in [0.717, 1.165) is 19.1 Å². The van der Waals surface area contributed by atoms with Crippen LogP contribution < -0.4 is 24.8 Å². The quantitative estimate of drug-likeness (QED) is 0.551. The third-order valence-electron chi connectivity index (χ3n) is 8.23. The number of allylic oxidation sites excluding steroid dienone is 4. The molecule has 3 heteroatoms. The Kier molecular flexibility index (Phi) is 6.57. The van der Waals surface area contributed by atoms with Gasteiger partial charge in [-0.2, -0.15) is 0 Å². The summed E-state index contributed by atoms with van der Waals surface area (Å²) in [6, 6.07) is 19.0. The third-order valence-corrected chi connectivity index (χ3v) is 17.1. The number of hydrogen-bond donors (Lipinski definition) is 0. The molecule has 0 aliphatic heterocycles. The van der Waals surface area contributed by atoms with Gasteiger partial charge in [0, 0.05) is 0 Å². The van der Waals surface area contributed by atoms with Gasteiger partial charge >= 0.3 is 189 Å². The van der Waals surface area contributed by atoms with E-state index in [0.29, 0.717) is 0 Å². The molecule has 3 fully saturated rings. The van der Waals surface area contributed by atoms with E-state index in [1.807, 2.05) is 0 Å². The molecule has 5 aliphatic carbocycles. The Balaban J connectivity index is 0.00000108. The van der Waals surface area contributed by atoms with E-state index in [2.05, 4.69) is 63.9 Å². The van der Waals surface area contributed by atoms with E-state index >= 15 is 0 Å². The van der Waals surface area contributed by atoms with Crippen LogP contribution in [0.2, 0.25) is 0 Å². The zero-order valence-electron chi connectivity index (χ0n) is 18.5. The van der Waals surface area contributed by atoms with Gasteiger partial charge < -0.3 is 24.8 Å². The largest absolute Gasteiger partial charge is 1.00 e. The van der Waals surface area contributed by atoms with Crippen LogP contribution in [0.4, 0.5) is 0 Å². The standard InChI is InChI=1S/2C12H11.C5H8.2ClH.Zr/c2*1-2-4-11-9(3-1)7-8-12(11)10-5-6-10;1-2-4-5-3-1;;;/h2*1-4,7-8,10H,5-6H2;1-4H2;2*1H;/q;;;;;+2/p-2. The smallest absolute Gasteiger partial charge is 1.00 e. The van der Waals surface area contributed by atoms with Crippen molar-refractivity contribution in [2.45, 2.75) is 58.6 Å². The van der Waals surface area contributed by atoms with E-state index in [1.165, 1.54) is 51.4 Å². The Morgan fingerprint density at radius 2 is 1.03 bits per heavy atom. The number of halogens is 2. The average Bonchev–Trinajstić information content (AvgIpc) is 3.69. The molecule has 0 radical (unpaired) electrons. The molecule has 2 atom stereocenters. The maximum atomic E-state index is 2.81. The van der Waals surface area contributed by atoms with Crippen LogP contribution >= 0.6 is 0 Å². The predicted molar refractivity (Wildman–Crippen MR) is 123 cm³/mol. The Morgan fingerprint density at radius 3 is 1.47 bits per heavy atom. The molecule has 0 N–H and O–H groups in total. The molecule has 2 unspecified atom stereocenters. The molecular formula is C29H30Cl2Zr. The third kappa shape index (κ3) is 3.81. The number of rotatable bonds is 4. The molecule has 0 amide bonds. The number of fused-ring (bicyclic) bond motifs is 2. The SMILES string of the molecule is C1=C(C2CC2)c2ccccc2[CH]1[Zr+2](=[C]1CCCC1)[CH]1C=C(C2CC2)c2ccccc21.[Cl-].[Cl-]. The van der Waals surface area contributed by atoms with Crippen molar-refractivity contribution in [2.75, 3.05) is 0 Å². The zero-order valence-corrected chi connectivity index (χ0v) is 22.5. The van der Waals surface area contributed by atoms with Crippen molar-refractivity contribution in [3.05, 3.63) is 82.9 Å². The first kappa shape index (κ1) is 23.0. The van der Waals surface area contributed by atoms with Gasteiger partial charge in [0.2, 0.25) is 0 Å². The molecule has 0 spiro atoms. The average molecular weight is 541 g/mol. The molecule has 0 saturated heterocycles. The molecule has 0 nitrogen and oxygen atoms in total. The van der Waals surface area contributed by atoms with E-state index < -0.39 is 21.3 Å². The molecule has 3 saturated carbocycles. The maximum absolute atomic E-state index is 2.81. The van der Waals surface area contributed by atoms with Crippen LogP contribution in [0.1, 0.15) is 80.9 Å². The van der Waals surface area contributed by atoms with Crippen LogP contribution in [0.25, 0.3) is 11.1 Å². The first-order valence-corrected chi connectivity index (χ1v) is 16.3. The molecule has 0 heterocycles. The predicted octanol–water partition coefficient (Wildman–Crippen LogP) is 1.46. The second-order valence-electron chi connectivity index (χ2n) is 10.2. The van der Waals surface area contributed by atoms with Crippen molar-refractivity contribution >= 4 is 14.4 Å². The van der Waals surface area contributed by atoms with Crippen LogP contribution in [0.3, 0.4) is 0 Å². The summed E-state index contributed by atoms with van der Waals surface area (Å²) in [7, 11) is 0. The fourth-order valence-corrected chi connectivity index (χ4v) is 16.6. The summed E-state index contributed by atoms with van der Waals surface area (Å²) in [5.74, 6) is 1.73. The minimum absolute atomic E-state index is 0. The van der Waals surface area contributed by atoms with Gasteiger partial charge in [-0.3, -0.25) is 0 Å². The van der Waals surface area contributed by atoms with Gasteiger partial charge in [0.25, 0.3) is 0 Å². The van der Waals surface area contributed by atoms with Gasteiger partial charge in [-0.15, -0.1) is 0 Å². The van der Waals surface area contributed by atoms with E-state index in [9.17, 15) is 0 Å². The van der Waals surface area contributed by atoms with E-state index in [-0.39, 0.29) is 24.8 Å². The van der Waals surface area contributed by atoms with Crippen molar-refractivity contribution in [2.24, 2.45) is 11.8 Å².